The molecule has 3 heterocycles. The van der Waals surface area contributed by atoms with Crippen LogP contribution in [-0.2, 0) is 6.42 Å². The number of pyridine rings is 1. The van der Waals surface area contributed by atoms with E-state index in [2.05, 4.69) is 32.3 Å². The molecule has 0 radical (unpaired) electrons. The minimum atomic E-state index is 0.310. The van der Waals surface area contributed by atoms with Crippen LogP contribution in [0.2, 0.25) is 0 Å². The first-order valence-electron chi connectivity index (χ1n) is 6.62. The second kappa shape index (κ2) is 6.11. The van der Waals surface area contributed by atoms with Gasteiger partial charge in [-0.05, 0) is 26.1 Å². The van der Waals surface area contributed by atoms with Crippen molar-refractivity contribution in [2.24, 2.45) is 0 Å². The van der Waals surface area contributed by atoms with Crippen molar-refractivity contribution in [1.29, 1.82) is 0 Å². The summed E-state index contributed by atoms with van der Waals surface area (Å²) in [5, 5.41) is 8.07. The normalized spacial score (nSPS) is 12.5. The van der Waals surface area contributed by atoms with E-state index in [1.807, 2.05) is 19.2 Å². The number of hydrogen-bond acceptors (Lipinski definition) is 7. The number of nitrogens with one attached hydrogen (secondary N) is 1. The molecule has 108 valence electrons. The van der Waals surface area contributed by atoms with Gasteiger partial charge in [0.1, 0.15) is 9.88 Å². The van der Waals surface area contributed by atoms with E-state index in [1.54, 1.807) is 18.6 Å². The number of likely N-dealkylation sites (N-methyl/N-ethyl adjacent to an activating group) is 1. The summed E-state index contributed by atoms with van der Waals surface area (Å²) >= 11 is 1.53. The van der Waals surface area contributed by atoms with E-state index >= 15 is 0 Å². The molecule has 3 aromatic heterocycles. The molecule has 0 spiro atoms. The molecule has 21 heavy (non-hydrogen) atoms. The largest absolute Gasteiger partial charge is 0.333 e. The van der Waals surface area contributed by atoms with E-state index < -0.39 is 0 Å². The second-order valence-electron chi connectivity index (χ2n) is 4.68. The van der Waals surface area contributed by atoms with Crippen LogP contribution in [0.25, 0.3) is 21.3 Å². The number of rotatable bonds is 5. The molecule has 0 aliphatic rings. The first kappa shape index (κ1) is 13.8. The first-order valence-corrected chi connectivity index (χ1v) is 7.44. The van der Waals surface area contributed by atoms with Gasteiger partial charge in [0.05, 0.1) is 6.20 Å². The SMILES string of the molecule is CNC(C)Cc1noc(-c2cnc(-c3ccncc3)s2)n1. The van der Waals surface area contributed by atoms with Gasteiger partial charge in [-0.1, -0.05) is 5.16 Å². The van der Waals surface area contributed by atoms with Gasteiger partial charge in [0.2, 0.25) is 0 Å². The van der Waals surface area contributed by atoms with Crippen molar-refractivity contribution >= 4 is 11.3 Å². The summed E-state index contributed by atoms with van der Waals surface area (Å²) < 4.78 is 5.31. The molecule has 0 saturated heterocycles. The summed E-state index contributed by atoms with van der Waals surface area (Å²) in [6.07, 6.45) is 6.00. The second-order valence-corrected chi connectivity index (χ2v) is 5.71. The van der Waals surface area contributed by atoms with Crippen molar-refractivity contribution in [3.63, 3.8) is 0 Å². The number of thiazole rings is 1. The lowest BCUT2D eigenvalue weighted by Crippen LogP contribution is -2.24. The quantitative estimate of drug-likeness (QED) is 0.780. The van der Waals surface area contributed by atoms with Crippen LogP contribution in [0, 0.1) is 0 Å². The average molecular weight is 301 g/mol. The Kier molecular flexibility index (Phi) is 4.03. The molecule has 0 aliphatic heterocycles. The van der Waals surface area contributed by atoms with Crippen molar-refractivity contribution in [1.82, 2.24) is 25.4 Å². The zero-order valence-electron chi connectivity index (χ0n) is 11.8. The third-order valence-electron chi connectivity index (χ3n) is 3.09. The summed E-state index contributed by atoms with van der Waals surface area (Å²) in [6.45, 7) is 2.07. The van der Waals surface area contributed by atoms with E-state index in [0.29, 0.717) is 17.8 Å². The minimum absolute atomic E-state index is 0.310. The summed E-state index contributed by atoms with van der Waals surface area (Å²) in [5.41, 5.74) is 1.03. The molecule has 1 atom stereocenters. The Bertz CT molecular complexity index is 709. The fourth-order valence-electron chi connectivity index (χ4n) is 1.81. The Morgan fingerprint density at radius 3 is 2.90 bits per heavy atom. The molecule has 3 rings (SSSR count). The molecule has 0 aromatic carbocycles. The van der Waals surface area contributed by atoms with Gasteiger partial charge in [-0.25, -0.2) is 4.98 Å². The van der Waals surface area contributed by atoms with Gasteiger partial charge in [-0.3, -0.25) is 4.98 Å². The van der Waals surface area contributed by atoms with Crippen molar-refractivity contribution in [2.75, 3.05) is 7.05 Å². The van der Waals surface area contributed by atoms with Gasteiger partial charge in [-0.15, -0.1) is 11.3 Å². The molecule has 7 heteroatoms. The van der Waals surface area contributed by atoms with Crippen molar-refractivity contribution in [3.8, 4) is 21.3 Å². The Morgan fingerprint density at radius 1 is 1.33 bits per heavy atom. The molecule has 3 aromatic rings. The zero-order chi connectivity index (χ0) is 14.7. The molecule has 1 unspecified atom stereocenters. The van der Waals surface area contributed by atoms with Gasteiger partial charge < -0.3 is 9.84 Å². The van der Waals surface area contributed by atoms with Crippen LogP contribution in [0.3, 0.4) is 0 Å². The highest BCUT2D eigenvalue weighted by Gasteiger charge is 2.14. The first-order chi connectivity index (χ1) is 10.3. The smallest absolute Gasteiger partial charge is 0.269 e. The van der Waals surface area contributed by atoms with E-state index in [-0.39, 0.29) is 0 Å². The van der Waals surface area contributed by atoms with Gasteiger partial charge in [0, 0.05) is 30.4 Å². The summed E-state index contributed by atoms with van der Waals surface area (Å²) in [4.78, 5) is 13.7. The third-order valence-corrected chi connectivity index (χ3v) is 4.13. The van der Waals surface area contributed by atoms with Crippen LogP contribution in [-0.4, -0.2) is 33.2 Å². The lowest BCUT2D eigenvalue weighted by Gasteiger charge is -2.04. The van der Waals surface area contributed by atoms with Gasteiger partial charge in [-0.2, -0.15) is 4.98 Å². The van der Waals surface area contributed by atoms with E-state index in [4.69, 9.17) is 4.52 Å². The van der Waals surface area contributed by atoms with Crippen LogP contribution >= 0.6 is 11.3 Å². The fourth-order valence-corrected chi connectivity index (χ4v) is 2.66. The summed E-state index contributed by atoms with van der Waals surface area (Å²) in [7, 11) is 1.91. The van der Waals surface area contributed by atoms with Gasteiger partial charge in [0.15, 0.2) is 5.82 Å². The molecule has 0 aliphatic carbocycles. The molecule has 0 fully saturated rings. The summed E-state index contributed by atoms with van der Waals surface area (Å²) in [6, 6.07) is 4.16. The molecule has 0 amide bonds. The van der Waals surface area contributed by atoms with Crippen LogP contribution < -0.4 is 5.32 Å². The van der Waals surface area contributed by atoms with Crippen molar-refractivity contribution in [2.45, 2.75) is 19.4 Å². The maximum absolute atomic E-state index is 5.31. The van der Waals surface area contributed by atoms with Gasteiger partial charge in [0.25, 0.3) is 5.89 Å². The van der Waals surface area contributed by atoms with E-state index in [1.165, 1.54) is 11.3 Å². The Morgan fingerprint density at radius 2 is 2.14 bits per heavy atom. The van der Waals surface area contributed by atoms with Crippen LogP contribution in [0.4, 0.5) is 0 Å². The third kappa shape index (κ3) is 3.14. The fraction of sp³-hybridized carbons (Fsp3) is 0.286. The maximum Gasteiger partial charge on any atom is 0.269 e. The minimum Gasteiger partial charge on any atom is -0.333 e. The van der Waals surface area contributed by atoms with Crippen LogP contribution in [0.1, 0.15) is 12.7 Å². The highest BCUT2D eigenvalue weighted by atomic mass is 32.1. The lowest BCUT2D eigenvalue weighted by atomic mass is 10.2. The number of nitrogens with zero attached hydrogens (tertiary/aromatic N) is 4. The summed E-state index contributed by atoms with van der Waals surface area (Å²) in [5.74, 6) is 1.22. The monoisotopic (exact) mass is 301 g/mol. The number of aromatic nitrogens is 4. The highest BCUT2D eigenvalue weighted by molar-refractivity contribution is 7.18. The Balaban J connectivity index is 1.80. The standard InChI is InChI=1S/C14H15N5OS/c1-9(15-2)7-12-18-13(20-19-12)11-8-17-14(21-11)10-3-5-16-6-4-10/h3-6,8-9,15H,7H2,1-2H3. The van der Waals surface area contributed by atoms with Crippen LogP contribution in [0.5, 0.6) is 0 Å². The van der Waals surface area contributed by atoms with Gasteiger partial charge >= 0.3 is 0 Å². The Hall–Kier alpha value is -2.12. The Labute approximate surface area is 126 Å². The average Bonchev–Trinajstić information content (AvgIpc) is 3.17. The topological polar surface area (TPSA) is 76.7 Å². The van der Waals surface area contributed by atoms with Crippen LogP contribution in [0.15, 0.2) is 35.2 Å². The lowest BCUT2D eigenvalue weighted by molar-refractivity contribution is 0.419. The van der Waals surface area contributed by atoms with Crippen molar-refractivity contribution < 1.29 is 4.52 Å². The molecule has 6 nitrogen and oxygen atoms in total. The molecular formula is C14H15N5OS. The molecular weight excluding hydrogens is 286 g/mol. The zero-order valence-corrected chi connectivity index (χ0v) is 12.6. The highest BCUT2D eigenvalue weighted by Crippen LogP contribution is 2.30. The predicted molar refractivity (Wildman–Crippen MR) is 80.9 cm³/mol. The molecule has 0 bridgehead atoms. The molecule has 1 N–H and O–H groups in total. The predicted octanol–water partition coefficient (Wildman–Crippen LogP) is 2.41. The van der Waals surface area contributed by atoms with E-state index in [9.17, 15) is 0 Å². The molecule has 0 saturated carbocycles. The van der Waals surface area contributed by atoms with Crippen molar-refractivity contribution in [3.05, 3.63) is 36.5 Å². The maximum atomic E-state index is 5.31. The van der Waals surface area contributed by atoms with E-state index in [0.717, 1.165) is 21.9 Å². The number of hydrogen-bond donors (Lipinski definition) is 1.